The van der Waals surface area contributed by atoms with Gasteiger partial charge in [0.15, 0.2) is 0 Å². The summed E-state index contributed by atoms with van der Waals surface area (Å²) in [5.74, 6) is 0.754. The third kappa shape index (κ3) is 2.15. The summed E-state index contributed by atoms with van der Waals surface area (Å²) in [4.78, 5) is 4.59. The van der Waals surface area contributed by atoms with Gasteiger partial charge in [-0.15, -0.1) is 0 Å². The number of hydrogen-bond acceptors (Lipinski definition) is 1. The summed E-state index contributed by atoms with van der Waals surface area (Å²) >= 11 is 6.32. The average molecular weight is 258 g/mol. The zero-order chi connectivity index (χ0) is 12.5. The second-order valence-corrected chi connectivity index (χ2v) is 5.50. The molecular formula is C16H16ClN. The number of benzene rings is 1. The maximum Gasteiger partial charge on any atom is 0.137 e. The minimum Gasteiger partial charge on any atom is -0.240 e. The third-order valence-electron chi connectivity index (χ3n) is 3.67. The van der Waals surface area contributed by atoms with E-state index in [0.29, 0.717) is 5.15 Å². The van der Waals surface area contributed by atoms with Crippen molar-refractivity contribution in [2.24, 2.45) is 5.92 Å². The van der Waals surface area contributed by atoms with Gasteiger partial charge in [0, 0.05) is 11.3 Å². The van der Waals surface area contributed by atoms with Crippen LogP contribution < -0.4 is 0 Å². The van der Waals surface area contributed by atoms with Gasteiger partial charge in [-0.2, -0.15) is 0 Å². The van der Waals surface area contributed by atoms with Crippen molar-refractivity contribution in [2.75, 3.05) is 0 Å². The van der Waals surface area contributed by atoms with Crippen molar-refractivity contribution in [1.82, 2.24) is 4.98 Å². The highest BCUT2D eigenvalue weighted by Crippen LogP contribution is 2.32. The molecule has 0 radical (unpaired) electrons. The Bertz CT molecular complexity index is 563. The van der Waals surface area contributed by atoms with Gasteiger partial charge in [-0.05, 0) is 42.4 Å². The summed E-state index contributed by atoms with van der Waals surface area (Å²) in [6, 6.07) is 12.5. The molecule has 0 N–H and O–H groups in total. The summed E-state index contributed by atoms with van der Waals surface area (Å²) in [6.45, 7) is 2.31. The molecule has 1 aromatic carbocycles. The lowest BCUT2D eigenvalue weighted by atomic mass is 9.87. The van der Waals surface area contributed by atoms with Crippen LogP contribution in [0.15, 0.2) is 36.4 Å². The largest absolute Gasteiger partial charge is 0.240 e. The molecule has 1 atom stereocenters. The lowest BCUT2D eigenvalue weighted by Crippen LogP contribution is -2.13. The first-order chi connectivity index (χ1) is 8.74. The second kappa shape index (κ2) is 4.74. The summed E-state index contributed by atoms with van der Waals surface area (Å²) in [5, 5.41) is 0.634. The molecule has 2 aromatic rings. The monoisotopic (exact) mass is 257 g/mol. The topological polar surface area (TPSA) is 12.9 Å². The fraction of sp³-hybridized carbons (Fsp3) is 0.312. The van der Waals surface area contributed by atoms with E-state index in [2.05, 4.69) is 30.1 Å². The Balaban J connectivity index is 2.09. The molecule has 1 aliphatic carbocycles. The standard InChI is InChI=1S/C16H16ClN/c1-11-7-8-15-13(9-11)10-14(16(17)18-15)12-5-3-2-4-6-12/h2-6,10-11H,7-9H2,1H3. The van der Waals surface area contributed by atoms with E-state index in [1.807, 2.05) is 18.2 Å². The number of rotatable bonds is 1. The van der Waals surface area contributed by atoms with Gasteiger partial charge in [-0.3, -0.25) is 0 Å². The van der Waals surface area contributed by atoms with Gasteiger partial charge in [0.2, 0.25) is 0 Å². The number of pyridine rings is 1. The Morgan fingerprint density at radius 1 is 1.22 bits per heavy atom. The summed E-state index contributed by atoms with van der Waals surface area (Å²) in [5.41, 5.74) is 4.77. The van der Waals surface area contributed by atoms with E-state index >= 15 is 0 Å². The molecule has 0 saturated heterocycles. The number of fused-ring (bicyclic) bond motifs is 1. The maximum atomic E-state index is 6.32. The zero-order valence-corrected chi connectivity index (χ0v) is 11.2. The van der Waals surface area contributed by atoms with Crippen LogP contribution in [0.2, 0.25) is 5.15 Å². The predicted molar refractivity (Wildman–Crippen MR) is 75.9 cm³/mol. The van der Waals surface area contributed by atoms with Crippen LogP contribution in [-0.4, -0.2) is 4.98 Å². The van der Waals surface area contributed by atoms with Crippen LogP contribution in [0.1, 0.15) is 24.6 Å². The van der Waals surface area contributed by atoms with Crippen molar-refractivity contribution in [3.8, 4) is 11.1 Å². The Morgan fingerprint density at radius 3 is 2.78 bits per heavy atom. The third-order valence-corrected chi connectivity index (χ3v) is 3.96. The second-order valence-electron chi connectivity index (χ2n) is 5.15. The van der Waals surface area contributed by atoms with Crippen molar-refractivity contribution >= 4 is 11.6 Å². The normalized spacial score (nSPS) is 18.4. The first-order valence-electron chi connectivity index (χ1n) is 6.48. The number of aryl methyl sites for hydroxylation is 1. The molecule has 0 saturated carbocycles. The Hall–Kier alpha value is -1.34. The first kappa shape index (κ1) is 11.7. The van der Waals surface area contributed by atoms with Gasteiger partial charge in [0.05, 0.1) is 0 Å². The van der Waals surface area contributed by atoms with Gasteiger partial charge in [0.1, 0.15) is 5.15 Å². The fourth-order valence-electron chi connectivity index (χ4n) is 2.64. The molecule has 3 rings (SSSR count). The lowest BCUT2D eigenvalue weighted by Gasteiger charge is -2.21. The first-order valence-corrected chi connectivity index (χ1v) is 6.85. The van der Waals surface area contributed by atoms with Crippen LogP contribution >= 0.6 is 11.6 Å². The van der Waals surface area contributed by atoms with E-state index in [1.54, 1.807) is 0 Å². The number of halogens is 1. The highest BCUT2D eigenvalue weighted by atomic mass is 35.5. The van der Waals surface area contributed by atoms with Crippen LogP contribution in [0.3, 0.4) is 0 Å². The quantitative estimate of drug-likeness (QED) is 0.684. The molecule has 1 aliphatic rings. The molecule has 0 spiro atoms. The van der Waals surface area contributed by atoms with E-state index in [-0.39, 0.29) is 0 Å². The molecule has 18 heavy (non-hydrogen) atoms. The summed E-state index contributed by atoms with van der Waals surface area (Å²) in [6.07, 6.45) is 3.41. The van der Waals surface area contributed by atoms with Gasteiger partial charge in [0.25, 0.3) is 0 Å². The van der Waals surface area contributed by atoms with Crippen molar-refractivity contribution < 1.29 is 0 Å². The molecule has 0 aliphatic heterocycles. The van der Waals surface area contributed by atoms with E-state index in [0.717, 1.165) is 29.9 Å². The van der Waals surface area contributed by atoms with E-state index in [9.17, 15) is 0 Å². The molecule has 0 amide bonds. The van der Waals surface area contributed by atoms with Gasteiger partial charge >= 0.3 is 0 Å². The highest BCUT2D eigenvalue weighted by Gasteiger charge is 2.18. The van der Waals surface area contributed by atoms with Crippen LogP contribution in [0, 0.1) is 5.92 Å². The molecule has 2 heteroatoms. The molecule has 1 heterocycles. The van der Waals surface area contributed by atoms with Crippen molar-refractivity contribution in [1.29, 1.82) is 0 Å². The Labute approximate surface area is 113 Å². The molecule has 92 valence electrons. The summed E-state index contributed by atoms with van der Waals surface area (Å²) in [7, 11) is 0. The average Bonchev–Trinajstić information content (AvgIpc) is 2.39. The Morgan fingerprint density at radius 2 is 2.00 bits per heavy atom. The maximum absolute atomic E-state index is 6.32. The van der Waals surface area contributed by atoms with Crippen molar-refractivity contribution in [2.45, 2.75) is 26.2 Å². The highest BCUT2D eigenvalue weighted by molar-refractivity contribution is 6.32. The lowest BCUT2D eigenvalue weighted by molar-refractivity contribution is 0.494. The van der Waals surface area contributed by atoms with Crippen molar-refractivity contribution in [3.05, 3.63) is 52.8 Å². The van der Waals surface area contributed by atoms with Crippen LogP contribution in [-0.2, 0) is 12.8 Å². The predicted octanol–water partition coefficient (Wildman–Crippen LogP) is 4.53. The molecule has 0 fully saturated rings. The van der Waals surface area contributed by atoms with Gasteiger partial charge < -0.3 is 0 Å². The van der Waals surface area contributed by atoms with E-state index < -0.39 is 0 Å². The molecule has 0 bridgehead atoms. The SMILES string of the molecule is CC1CCc2nc(Cl)c(-c3ccccc3)cc2C1. The molecule has 1 unspecified atom stereocenters. The van der Waals surface area contributed by atoms with Gasteiger partial charge in [-0.1, -0.05) is 48.9 Å². The zero-order valence-electron chi connectivity index (χ0n) is 10.5. The fourth-order valence-corrected chi connectivity index (χ4v) is 2.91. The van der Waals surface area contributed by atoms with Crippen molar-refractivity contribution in [3.63, 3.8) is 0 Å². The van der Waals surface area contributed by atoms with E-state index in [4.69, 9.17) is 11.6 Å². The minimum atomic E-state index is 0.634. The Kier molecular flexibility index (Phi) is 3.09. The van der Waals surface area contributed by atoms with Crippen LogP contribution in [0.25, 0.3) is 11.1 Å². The number of hydrogen-bond donors (Lipinski definition) is 0. The van der Waals surface area contributed by atoms with Crippen LogP contribution in [0.4, 0.5) is 0 Å². The van der Waals surface area contributed by atoms with Gasteiger partial charge in [-0.25, -0.2) is 4.98 Å². The number of aromatic nitrogens is 1. The number of nitrogens with zero attached hydrogens (tertiary/aromatic N) is 1. The summed E-state index contributed by atoms with van der Waals surface area (Å²) < 4.78 is 0. The molecular weight excluding hydrogens is 242 g/mol. The molecule has 1 aromatic heterocycles. The molecule has 1 nitrogen and oxygen atoms in total. The minimum absolute atomic E-state index is 0.634. The van der Waals surface area contributed by atoms with Crippen LogP contribution in [0.5, 0.6) is 0 Å². The van der Waals surface area contributed by atoms with E-state index in [1.165, 1.54) is 17.7 Å². The smallest absolute Gasteiger partial charge is 0.137 e.